The van der Waals surface area contributed by atoms with Crippen molar-refractivity contribution in [2.24, 2.45) is 0 Å². The van der Waals surface area contributed by atoms with Gasteiger partial charge in [-0.3, -0.25) is 0 Å². The van der Waals surface area contributed by atoms with E-state index in [0.29, 0.717) is 17.2 Å². The van der Waals surface area contributed by atoms with Gasteiger partial charge in [0.05, 0.1) is 18.8 Å². The molecule has 0 saturated heterocycles. The zero-order valence-electron chi connectivity index (χ0n) is 14.1. The molecule has 0 saturated carbocycles. The predicted molar refractivity (Wildman–Crippen MR) is 88.7 cm³/mol. The van der Waals surface area contributed by atoms with Crippen molar-refractivity contribution in [3.05, 3.63) is 47.4 Å². The number of carbonyl (C=O) groups is 1. The van der Waals surface area contributed by atoms with E-state index in [2.05, 4.69) is 15.4 Å². The minimum absolute atomic E-state index is 0.202. The second-order valence-electron chi connectivity index (χ2n) is 5.82. The molecular formula is C17H20N4O3. The monoisotopic (exact) mass is 328 g/mol. The Morgan fingerprint density at radius 3 is 2.62 bits per heavy atom. The number of carbonyl (C=O) groups excluding carboxylic acids is 1. The van der Waals surface area contributed by atoms with Crippen LogP contribution in [0.5, 0.6) is 5.75 Å². The van der Waals surface area contributed by atoms with Gasteiger partial charge in [-0.25, -0.2) is 9.48 Å². The highest BCUT2D eigenvalue weighted by Gasteiger charge is 2.34. The molecule has 0 fully saturated rings. The second kappa shape index (κ2) is 6.35. The van der Waals surface area contributed by atoms with Crippen LogP contribution in [0.2, 0.25) is 0 Å². The molecule has 126 valence electrons. The minimum Gasteiger partial charge on any atom is -0.497 e. The van der Waals surface area contributed by atoms with E-state index < -0.39 is 6.04 Å². The number of hydrogen-bond donors (Lipinski definition) is 1. The lowest BCUT2D eigenvalue weighted by Gasteiger charge is -2.28. The number of aromatic nitrogens is 3. The van der Waals surface area contributed by atoms with Crippen molar-refractivity contribution < 1.29 is 14.3 Å². The van der Waals surface area contributed by atoms with Gasteiger partial charge in [-0.1, -0.05) is 12.1 Å². The van der Waals surface area contributed by atoms with Crippen LogP contribution < -0.4 is 10.1 Å². The van der Waals surface area contributed by atoms with E-state index in [4.69, 9.17) is 9.47 Å². The minimum atomic E-state index is -0.402. The molecule has 2 aromatic rings. The van der Waals surface area contributed by atoms with Crippen LogP contribution in [0.1, 0.15) is 32.4 Å². The third-order valence-electron chi connectivity index (χ3n) is 3.79. The van der Waals surface area contributed by atoms with Crippen LogP contribution in [0.15, 0.2) is 41.9 Å². The quantitative estimate of drug-likeness (QED) is 0.869. The van der Waals surface area contributed by atoms with Gasteiger partial charge in [0.15, 0.2) is 0 Å². The standard InChI is InChI=1S/C17H20N4O3/c1-10(2)24-16(22)14-11(3)20-17-18-9-19-21(17)15(14)12-5-7-13(23-4)8-6-12/h5-10,15H,1-4H3,(H,18,19,20). The van der Waals surface area contributed by atoms with Crippen LogP contribution >= 0.6 is 0 Å². The van der Waals surface area contributed by atoms with E-state index in [-0.39, 0.29) is 12.1 Å². The van der Waals surface area contributed by atoms with Crippen LogP contribution in [0, 0.1) is 0 Å². The van der Waals surface area contributed by atoms with Crippen molar-refractivity contribution in [1.82, 2.24) is 14.8 Å². The van der Waals surface area contributed by atoms with Gasteiger partial charge in [0.25, 0.3) is 0 Å². The number of benzene rings is 1. The van der Waals surface area contributed by atoms with Crippen LogP contribution in [0.3, 0.4) is 0 Å². The number of rotatable bonds is 4. The van der Waals surface area contributed by atoms with Crippen molar-refractivity contribution in [3.63, 3.8) is 0 Å². The van der Waals surface area contributed by atoms with Crippen molar-refractivity contribution >= 4 is 11.9 Å². The lowest BCUT2D eigenvalue weighted by Crippen LogP contribution is -2.30. The maximum Gasteiger partial charge on any atom is 0.338 e. The summed E-state index contributed by atoms with van der Waals surface area (Å²) < 4.78 is 12.3. The van der Waals surface area contributed by atoms with Crippen LogP contribution in [0.4, 0.5) is 5.95 Å². The van der Waals surface area contributed by atoms with Crippen LogP contribution in [0.25, 0.3) is 0 Å². The summed E-state index contributed by atoms with van der Waals surface area (Å²) in [5.74, 6) is 0.977. The molecule has 7 heteroatoms. The maximum atomic E-state index is 12.7. The first-order valence-corrected chi connectivity index (χ1v) is 7.73. The van der Waals surface area contributed by atoms with Gasteiger partial charge in [0, 0.05) is 5.70 Å². The number of hydrogen-bond acceptors (Lipinski definition) is 6. The zero-order chi connectivity index (χ0) is 17.3. The van der Waals surface area contributed by atoms with Crippen molar-refractivity contribution in [2.75, 3.05) is 12.4 Å². The molecule has 7 nitrogen and oxygen atoms in total. The Hall–Kier alpha value is -2.83. The molecule has 1 aliphatic rings. The number of nitrogens with one attached hydrogen (secondary N) is 1. The van der Waals surface area contributed by atoms with Gasteiger partial charge in [-0.05, 0) is 38.5 Å². The Kier molecular flexibility index (Phi) is 4.24. The molecule has 0 bridgehead atoms. The van der Waals surface area contributed by atoms with Gasteiger partial charge >= 0.3 is 5.97 Å². The topological polar surface area (TPSA) is 78.3 Å². The maximum absolute atomic E-state index is 12.7. The summed E-state index contributed by atoms with van der Waals surface area (Å²) in [6, 6.07) is 7.14. The fourth-order valence-corrected chi connectivity index (χ4v) is 2.73. The van der Waals surface area contributed by atoms with Gasteiger partial charge in [-0.2, -0.15) is 10.1 Å². The highest BCUT2D eigenvalue weighted by atomic mass is 16.5. The van der Waals surface area contributed by atoms with Crippen molar-refractivity contribution in [2.45, 2.75) is 32.9 Å². The summed E-state index contributed by atoms with van der Waals surface area (Å²) in [5.41, 5.74) is 2.13. The largest absolute Gasteiger partial charge is 0.497 e. The number of nitrogens with zero attached hydrogens (tertiary/aromatic N) is 3. The number of fused-ring (bicyclic) bond motifs is 1. The molecule has 0 amide bonds. The molecule has 1 atom stereocenters. The predicted octanol–water partition coefficient (Wildman–Crippen LogP) is 2.53. The molecule has 2 heterocycles. The first-order chi connectivity index (χ1) is 11.5. The second-order valence-corrected chi connectivity index (χ2v) is 5.82. The molecule has 3 rings (SSSR count). The fourth-order valence-electron chi connectivity index (χ4n) is 2.73. The molecule has 1 N–H and O–H groups in total. The van der Waals surface area contributed by atoms with Crippen LogP contribution in [-0.4, -0.2) is 33.9 Å². The molecule has 0 aliphatic carbocycles. The molecule has 1 unspecified atom stereocenters. The van der Waals surface area contributed by atoms with E-state index in [1.54, 1.807) is 11.8 Å². The summed E-state index contributed by atoms with van der Waals surface area (Å²) in [6.45, 7) is 5.49. The zero-order valence-corrected chi connectivity index (χ0v) is 14.1. The number of allylic oxidation sites excluding steroid dienone is 1. The first-order valence-electron chi connectivity index (χ1n) is 7.73. The van der Waals surface area contributed by atoms with E-state index in [0.717, 1.165) is 11.3 Å². The van der Waals surface area contributed by atoms with Gasteiger partial charge in [0.2, 0.25) is 5.95 Å². The Morgan fingerprint density at radius 1 is 1.29 bits per heavy atom. The Labute approximate surface area is 140 Å². The van der Waals surface area contributed by atoms with E-state index in [1.807, 2.05) is 45.0 Å². The molecule has 24 heavy (non-hydrogen) atoms. The average molecular weight is 328 g/mol. The first kappa shape index (κ1) is 16.0. The van der Waals surface area contributed by atoms with Gasteiger partial charge in [-0.15, -0.1) is 0 Å². The van der Waals surface area contributed by atoms with Crippen molar-refractivity contribution in [3.8, 4) is 5.75 Å². The summed E-state index contributed by atoms with van der Waals surface area (Å²) in [6.07, 6.45) is 1.26. The SMILES string of the molecule is COc1ccc(C2C(C(=O)OC(C)C)=C(C)Nc3ncnn32)cc1. The van der Waals surface area contributed by atoms with Crippen LogP contribution in [-0.2, 0) is 9.53 Å². The summed E-state index contributed by atoms with van der Waals surface area (Å²) in [5, 5.41) is 7.38. The summed E-state index contributed by atoms with van der Waals surface area (Å²) in [4.78, 5) is 16.9. The number of esters is 1. The molecule has 0 radical (unpaired) electrons. The molecule has 1 aromatic heterocycles. The molecule has 1 aromatic carbocycles. The number of ether oxygens (including phenoxy) is 2. The normalized spacial score (nSPS) is 16.6. The summed E-state index contributed by atoms with van der Waals surface area (Å²) >= 11 is 0. The Morgan fingerprint density at radius 2 is 2.00 bits per heavy atom. The van der Waals surface area contributed by atoms with Gasteiger partial charge < -0.3 is 14.8 Å². The Balaban J connectivity index is 2.08. The average Bonchev–Trinajstić information content (AvgIpc) is 3.00. The van der Waals surface area contributed by atoms with Crippen molar-refractivity contribution in [1.29, 1.82) is 0 Å². The smallest absolute Gasteiger partial charge is 0.338 e. The third-order valence-corrected chi connectivity index (χ3v) is 3.79. The molecule has 1 aliphatic heterocycles. The fraction of sp³-hybridized carbons (Fsp3) is 0.353. The number of anilines is 1. The molecular weight excluding hydrogens is 308 g/mol. The third kappa shape index (κ3) is 2.84. The number of methoxy groups -OCH3 is 1. The highest BCUT2D eigenvalue weighted by Crippen LogP contribution is 2.35. The highest BCUT2D eigenvalue weighted by molar-refractivity contribution is 5.92. The van der Waals surface area contributed by atoms with E-state index in [9.17, 15) is 4.79 Å². The van der Waals surface area contributed by atoms with E-state index in [1.165, 1.54) is 6.33 Å². The lowest BCUT2D eigenvalue weighted by molar-refractivity contribution is -0.143. The van der Waals surface area contributed by atoms with Gasteiger partial charge in [0.1, 0.15) is 18.1 Å². The lowest BCUT2D eigenvalue weighted by atomic mass is 9.95. The summed E-state index contributed by atoms with van der Waals surface area (Å²) in [7, 11) is 1.62. The Bertz CT molecular complexity index is 777. The van der Waals surface area contributed by atoms with E-state index >= 15 is 0 Å². The molecule has 0 spiro atoms.